The maximum atomic E-state index is 9.46. The van der Waals surface area contributed by atoms with Crippen molar-refractivity contribution in [1.29, 1.82) is 5.26 Å². The summed E-state index contributed by atoms with van der Waals surface area (Å²) < 4.78 is 0. The van der Waals surface area contributed by atoms with E-state index in [2.05, 4.69) is 22.9 Å². The summed E-state index contributed by atoms with van der Waals surface area (Å²) in [5.41, 5.74) is 9.45. The molecule has 1 heterocycles. The van der Waals surface area contributed by atoms with Crippen molar-refractivity contribution in [2.45, 2.75) is 46.1 Å². The lowest BCUT2D eigenvalue weighted by molar-refractivity contribution is 0.461. The van der Waals surface area contributed by atoms with Crippen LogP contribution >= 0.6 is 0 Å². The summed E-state index contributed by atoms with van der Waals surface area (Å²) in [6.07, 6.45) is 3.59. The Labute approximate surface area is 121 Å². The molecular formula is C16H24N4. The Bertz CT molecular complexity index is 518. The fourth-order valence-electron chi connectivity index (χ4n) is 3.46. The topological polar surface area (TPSA) is 65.9 Å². The normalized spacial score (nSPS) is 21.8. The number of hydrogen-bond acceptors (Lipinski definition) is 4. The van der Waals surface area contributed by atoms with Gasteiger partial charge in [-0.05, 0) is 52.1 Å². The zero-order chi connectivity index (χ0) is 14.7. The molecule has 1 aliphatic carbocycles. The standard InChI is InChI=1S/C16H24N4/c1-4-20(15-7-5-6-13(15)9-17)16-8-11(2)19-12(3)14(16)10-18/h8,13,15H,4-7,9,17H2,1-3H3. The third-order valence-corrected chi connectivity index (χ3v) is 4.39. The van der Waals surface area contributed by atoms with Crippen LogP contribution in [0, 0.1) is 31.1 Å². The van der Waals surface area contributed by atoms with Crippen LogP contribution in [0.25, 0.3) is 0 Å². The first-order chi connectivity index (χ1) is 9.62. The van der Waals surface area contributed by atoms with Crippen molar-refractivity contribution in [3.05, 3.63) is 23.0 Å². The lowest BCUT2D eigenvalue weighted by Crippen LogP contribution is -2.41. The highest BCUT2D eigenvalue weighted by molar-refractivity contribution is 5.62. The zero-order valence-corrected chi connectivity index (χ0v) is 12.7. The van der Waals surface area contributed by atoms with Gasteiger partial charge in [0.15, 0.2) is 0 Å². The fourth-order valence-corrected chi connectivity index (χ4v) is 3.46. The molecule has 2 unspecified atom stereocenters. The molecule has 0 aliphatic heterocycles. The molecule has 1 aromatic rings. The van der Waals surface area contributed by atoms with Crippen LogP contribution in [-0.2, 0) is 0 Å². The number of nitrogens with zero attached hydrogens (tertiary/aromatic N) is 3. The monoisotopic (exact) mass is 272 g/mol. The van der Waals surface area contributed by atoms with Crippen LogP contribution in [-0.4, -0.2) is 24.1 Å². The molecule has 1 aromatic heterocycles. The van der Waals surface area contributed by atoms with Crippen LogP contribution in [0.4, 0.5) is 5.69 Å². The number of aryl methyl sites for hydroxylation is 2. The highest BCUT2D eigenvalue weighted by Gasteiger charge is 2.32. The Morgan fingerprint density at radius 3 is 2.80 bits per heavy atom. The SMILES string of the molecule is CCN(c1cc(C)nc(C)c1C#N)C1CCCC1CN. The summed E-state index contributed by atoms with van der Waals surface area (Å²) in [5, 5.41) is 9.46. The first-order valence-electron chi connectivity index (χ1n) is 7.47. The van der Waals surface area contributed by atoms with Crippen molar-refractivity contribution in [2.75, 3.05) is 18.0 Å². The predicted molar refractivity (Wildman–Crippen MR) is 81.6 cm³/mol. The lowest BCUT2D eigenvalue weighted by atomic mass is 10.00. The van der Waals surface area contributed by atoms with Crippen molar-refractivity contribution >= 4 is 5.69 Å². The Morgan fingerprint density at radius 2 is 2.20 bits per heavy atom. The Morgan fingerprint density at radius 1 is 1.45 bits per heavy atom. The first-order valence-corrected chi connectivity index (χ1v) is 7.47. The van der Waals surface area contributed by atoms with E-state index < -0.39 is 0 Å². The molecule has 0 radical (unpaired) electrons. The Kier molecular flexibility index (Phi) is 4.61. The van der Waals surface area contributed by atoms with Gasteiger partial charge >= 0.3 is 0 Å². The molecule has 0 spiro atoms. The summed E-state index contributed by atoms with van der Waals surface area (Å²) in [6.45, 7) is 7.68. The number of nitrogens with two attached hydrogens (primary N) is 1. The van der Waals surface area contributed by atoms with Crippen molar-refractivity contribution in [2.24, 2.45) is 11.7 Å². The molecule has 0 bridgehead atoms. The van der Waals surface area contributed by atoms with E-state index in [0.717, 1.165) is 30.2 Å². The van der Waals surface area contributed by atoms with Crippen molar-refractivity contribution in [3.8, 4) is 6.07 Å². The van der Waals surface area contributed by atoms with Crippen LogP contribution in [0.2, 0.25) is 0 Å². The largest absolute Gasteiger partial charge is 0.367 e. The summed E-state index contributed by atoms with van der Waals surface area (Å²) in [7, 11) is 0. The number of aromatic nitrogens is 1. The van der Waals surface area contributed by atoms with Crippen molar-refractivity contribution < 1.29 is 0 Å². The number of anilines is 1. The number of nitriles is 1. The second-order valence-corrected chi connectivity index (χ2v) is 5.64. The smallest absolute Gasteiger partial charge is 0.103 e. The minimum absolute atomic E-state index is 0.457. The molecule has 0 amide bonds. The maximum absolute atomic E-state index is 9.46. The van der Waals surface area contributed by atoms with E-state index in [9.17, 15) is 5.26 Å². The second kappa shape index (κ2) is 6.23. The van der Waals surface area contributed by atoms with Crippen LogP contribution in [0.1, 0.15) is 43.1 Å². The molecule has 108 valence electrons. The van der Waals surface area contributed by atoms with Crippen LogP contribution in [0.5, 0.6) is 0 Å². The lowest BCUT2D eigenvalue weighted by Gasteiger charge is -2.34. The van der Waals surface area contributed by atoms with Crippen LogP contribution in [0.3, 0.4) is 0 Å². The third-order valence-electron chi connectivity index (χ3n) is 4.39. The highest BCUT2D eigenvalue weighted by Crippen LogP contribution is 2.34. The van der Waals surface area contributed by atoms with Gasteiger partial charge in [0.25, 0.3) is 0 Å². The number of hydrogen-bond donors (Lipinski definition) is 1. The van der Waals surface area contributed by atoms with E-state index in [0.29, 0.717) is 17.5 Å². The maximum Gasteiger partial charge on any atom is 0.103 e. The molecule has 1 aliphatic rings. The molecule has 2 atom stereocenters. The summed E-state index contributed by atoms with van der Waals surface area (Å²) in [5.74, 6) is 0.537. The van der Waals surface area contributed by atoms with E-state index >= 15 is 0 Å². The zero-order valence-electron chi connectivity index (χ0n) is 12.7. The molecule has 2 rings (SSSR count). The summed E-state index contributed by atoms with van der Waals surface area (Å²) in [4.78, 5) is 6.78. The van der Waals surface area contributed by atoms with E-state index in [4.69, 9.17) is 5.73 Å². The second-order valence-electron chi connectivity index (χ2n) is 5.64. The van der Waals surface area contributed by atoms with Crippen molar-refractivity contribution in [1.82, 2.24) is 4.98 Å². The van der Waals surface area contributed by atoms with E-state index in [1.807, 2.05) is 19.9 Å². The number of rotatable bonds is 4. The molecule has 4 nitrogen and oxygen atoms in total. The summed E-state index contributed by atoms with van der Waals surface area (Å²) in [6, 6.07) is 4.83. The van der Waals surface area contributed by atoms with E-state index in [1.54, 1.807) is 0 Å². The van der Waals surface area contributed by atoms with Gasteiger partial charge in [-0.1, -0.05) is 6.42 Å². The van der Waals surface area contributed by atoms with Gasteiger partial charge in [0.05, 0.1) is 16.9 Å². The van der Waals surface area contributed by atoms with Gasteiger partial charge in [-0.2, -0.15) is 5.26 Å². The Balaban J connectivity index is 2.44. The van der Waals surface area contributed by atoms with Crippen molar-refractivity contribution in [3.63, 3.8) is 0 Å². The first kappa shape index (κ1) is 14.8. The molecule has 4 heteroatoms. The molecule has 1 fully saturated rings. The minimum Gasteiger partial charge on any atom is -0.367 e. The molecule has 0 saturated heterocycles. The average Bonchev–Trinajstić information content (AvgIpc) is 2.87. The van der Waals surface area contributed by atoms with Crippen LogP contribution < -0.4 is 10.6 Å². The summed E-state index contributed by atoms with van der Waals surface area (Å²) >= 11 is 0. The van der Waals surface area contributed by atoms with Gasteiger partial charge in [-0.3, -0.25) is 4.98 Å². The third kappa shape index (κ3) is 2.64. The van der Waals surface area contributed by atoms with Gasteiger partial charge in [-0.15, -0.1) is 0 Å². The molecule has 1 saturated carbocycles. The van der Waals surface area contributed by atoms with Gasteiger partial charge in [0.2, 0.25) is 0 Å². The van der Waals surface area contributed by atoms with Gasteiger partial charge < -0.3 is 10.6 Å². The number of pyridine rings is 1. The van der Waals surface area contributed by atoms with E-state index in [-0.39, 0.29) is 0 Å². The van der Waals surface area contributed by atoms with Crippen LogP contribution in [0.15, 0.2) is 6.07 Å². The quantitative estimate of drug-likeness (QED) is 0.914. The molecule has 2 N–H and O–H groups in total. The molecular weight excluding hydrogens is 248 g/mol. The van der Waals surface area contributed by atoms with Gasteiger partial charge in [0.1, 0.15) is 6.07 Å². The fraction of sp³-hybridized carbons (Fsp3) is 0.625. The van der Waals surface area contributed by atoms with Gasteiger partial charge in [-0.25, -0.2) is 0 Å². The average molecular weight is 272 g/mol. The highest BCUT2D eigenvalue weighted by atomic mass is 15.2. The molecule has 20 heavy (non-hydrogen) atoms. The van der Waals surface area contributed by atoms with E-state index in [1.165, 1.54) is 19.3 Å². The minimum atomic E-state index is 0.457. The molecule has 0 aromatic carbocycles. The predicted octanol–water partition coefficient (Wildman–Crippen LogP) is 2.52. The van der Waals surface area contributed by atoms with Gasteiger partial charge in [0, 0.05) is 18.3 Å². The Hall–Kier alpha value is -1.60.